The molecule has 1 aliphatic heterocycles. The molecule has 10 heteroatoms. The molecule has 1 fully saturated rings. The molecule has 1 aromatic carbocycles. The number of hydrogen-bond donors (Lipinski definition) is 0. The Morgan fingerprint density at radius 2 is 1.77 bits per heavy atom. The maximum absolute atomic E-state index is 13.3. The van der Waals surface area contributed by atoms with E-state index in [0.29, 0.717) is 34.9 Å². The molecule has 1 amide bonds. The van der Waals surface area contributed by atoms with Gasteiger partial charge in [0.1, 0.15) is 10.6 Å². The van der Waals surface area contributed by atoms with Crippen LogP contribution in [0.2, 0.25) is 5.02 Å². The second kappa shape index (κ2) is 8.17. The number of hydrogen-bond acceptors (Lipinski definition) is 5. The van der Waals surface area contributed by atoms with Crippen LogP contribution in [-0.2, 0) is 17.1 Å². The van der Waals surface area contributed by atoms with E-state index in [9.17, 15) is 13.2 Å². The zero-order chi connectivity index (χ0) is 21.3. The van der Waals surface area contributed by atoms with Crippen molar-refractivity contribution in [2.75, 3.05) is 26.2 Å². The number of pyridine rings is 1. The number of sulfonamides is 1. The summed E-state index contributed by atoms with van der Waals surface area (Å²) in [6.45, 7) is 1.04. The second-order valence-electron chi connectivity index (χ2n) is 6.96. The van der Waals surface area contributed by atoms with E-state index < -0.39 is 10.0 Å². The van der Waals surface area contributed by atoms with Gasteiger partial charge in [0.25, 0.3) is 5.91 Å². The normalized spacial score (nSPS) is 15.3. The highest BCUT2D eigenvalue weighted by Gasteiger charge is 2.33. The van der Waals surface area contributed by atoms with Gasteiger partial charge in [0.05, 0.1) is 0 Å². The average Bonchev–Trinajstić information content (AvgIpc) is 3.17. The number of halogens is 1. The Morgan fingerprint density at radius 1 is 1.07 bits per heavy atom. The third kappa shape index (κ3) is 3.96. The molecule has 2 aromatic heterocycles. The lowest BCUT2D eigenvalue weighted by Gasteiger charge is -2.34. The van der Waals surface area contributed by atoms with Gasteiger partial charge in [-0.3, -0.25) is 14.5 Å². The SMILES string of the molecule is Cn1cc(S(=O)(=O)N2CCN(C(=O)c3ccc(Cl)cc3)CC2)c(-c2cccnc2)n1. The highest BCUT2D eigenvalue weighted by Crippen LogP contribution is 2.28. The van der Waals surface area contributed by atoms with Crippen molar-refractivity contribution in [2.24, 2.45) is 7.05 Å². The molecule has 0 aliphatic carbocycles. The first-order valence-electron chi connectivity index (χ1n) is 9.35. The maximum Gasteiger partial charge on any atom is 0.253 e. The van der Waals surface area contributed by atoms with Crippen molar-refractivity contribution in [1.29, 1.82) is 0 Å². The Kier molecular flexibility index (Phi) is 5.59. The zero-order valence-electron chi connectivity index (χ0n) is 16.3. The van der Waals surface area contributed by atoms with Crippen LogP contribution < -0.4 is 0 Å². The number of nitrogens with zero attached hydrogens (tertiary/aromatic N) is 5. The van der Waals surface area contributed by atoms with Crippen LogP contribution in [-0.4, -0.2) is 64.5 Å². The van der Waals surface area contributed by atoms with Crippen LogP contribution in [0.5, 0.6) is 0 Å². The molecule has 4 rings (SSSR count). The van der Waals surface area contributed by atoms with E-state index in [1.54, 1.807) is 60.7 Å². The van der Waals surface area contributed by atoms with Gasteiger partial charge in [0.2, 0.25) is 10.0 Å². The van der Waals surface area contributed by atoms with E-state index in [0.717, 1.165) is 0 Å². The molecule has 3 heterocycles. The molecular formula is C20H20ClN5O3S. The Labute approximate surface area is 179 Å². The second-order valence-corrected chi connectivity index (χ2v) is 9.30. The first-order chi connectivity index (χ1) is 14.4. The summed E-state index contributed by atoms with van der Waals surface area (Å²) in [4.78, 5) is 18.5. The van der Waals surface area contributed by atoms with E-state index in [2.05, 4.69) is 10.1 Å². The standard InChI is InChI=1S/C20H20ClN5O3S/c1-24-14-18(19(23-24)16-3-2-8-22-13-16)30(28,29)26-11-9-25(10-12-26)20(27)15-4-6-17(21)7-5-15/h2-8,13-14H,9-12H2,1H3. The third-order valence-electron chi connectivity index (χ3n) is 4.97. The molecule has 0 bridgehead atoms. The van der Waals surface area contributed by atoms with Crippen molar-refractivity contribution >= 4 is 27.5 Å². The van der Waals surface area contributed by atoms with Gasteiger partial charge in [-0.1, -0.05) is 11.6 Å². The van der Waals surface area contributed by atoms with Crippen molar-refractivity contribution < 1.29 is 13.2 Å². The van der Waals surface area contributed by atoms with Crippen molar-refractivity contribution in [2.45, 2.75) is 4.90 Å². The predicted molar refractivity (Wildman–Crippen MR) is 113 cm³/mol. The van der Waals surface area contributed by atoms with E-state index in [4.69, 9.17) is 11.6 Å². The van der Waals surface area contributed by atoms with Gasteiger partial charge in [-0.2, -0.15) is 9.40 Å². The van der Waals surface area contributed by atoms with E-state index in [1.165, 1.54) is 15.2 Å². The van der Waals surface area contributed by atoms with Crippen LogP contribution in [0.15, 0.2) is 59.9 Å². The summed E-state index contributed by atoms with van der Waals surface area (Å²) in [5.74, 6) is -0.138. The molecule has 0 radical (unpaired) electrons. The molecule has 0 saturated carbocycles. The largest absolute Gasteiger partial charge is 0.336 e. The molecular weight excluding hydrogens is 426 g/mol. The van der Waals surface area contributed by atoms with Crippen molar-refractivity contribution in [1.82, 2.24) is 24.0 Å². The summed E-state index contributed by atoms with van der Waals surface area (Å²) in [5, 5.41) is 4.89. The Bertz CT molecular complexity index is 1150. The summed E-state index contributed by atoms with van der Waals surface area (Å²) in [5.41, 5.74) is 1.53. The van der Waals surface area contributed by atoms with Crippen molar-refractivity contribution in [3.8, 4) is 11.3 Å². The van der Waals surface area contributed by atoms with Crippen LogP contribution in [0.4, 0.5) is 0 Å². The first kappa shape index (κ1) is 20.5. The topological polar surface area (TPSA) is 88.4 Å². The molecule has 1 saturated heterocycles. The predicted octanol–water partition coefficient (Wildman–Crippen LogP) is 2.28. The molecule has 0 unspecified atom stereocenters. The first-order valence-corrected chi connectivity index (χ1v) is 11.2. The quantitative estimate of drug-likeness (QED) is 0.614. The number of carbonyl (C=O) groups excluding carboxylic acids is 1. The van der Waals surface area contributed by atoms with Crippen molar-refractivity contribution in [3.05, 3.63) is 65.6 Å². The van der Waals surface area contributed by atoms with Crippen LogP contribution in [0.3, 0.4) is 0 Å². The van der Waals surface area contributed by atoms with Crippen LogP contribution in [0, 0.1) is 0 Å². The smallest absolute Gasteiger partial charge is 0.253 e. The maximum atomic E-state index is 13.3. The fraction of sp³-hybridized carbons (Fsp3) is 0.250. The average molecular weight is 446 g/mol. The van der Waals surface area contributed by atoms with Gasteiger partial charge in [0.15, 0.2) is 0 Å². The minimum atomic E-state index is -3.77. The third-order valence-corrected chi connectivity index (χ3v) is 7.12. The molecule has 3 aromatic rings. The Balaban J connectivity index is 1.52. The van der Waals surface area contributed by atoms with E-state index in [1.807, 2.05) is 0 Å². The Morgan fingerprint density at radius 3 is 2.40 bits per heavy atom. The van der Waals surface area contributed by atoms with Crippen molar-refractivity contribution in [3.63, 3.8) is 0 Å². The lowest BCUT2D eigenvalue weighted by Crippen LogP contribution is -2.50. The monoisotopic (exact) mass is 445 g/mol. The summed E-state index contributed by atoms with van der Waals surface area (Å²) < 4.78 is 29.5. The van der Waals surface area contributed by atoms with E-state index >= 15 is 0 Å². The van der Waals surface area contributed by atoms with Gasteiger partial charge in [-0.25, -0.2) is 8.42 Å². The van der Waals surface area contributed by atoms with Gasteiger partial charge in [-0.05, 0) is 36.4 Å². The number of aromatic nitrogens is 3. The number of benzene rings is 1. The van der Waals surface area contributed by atoms with Gasteiger partial charge in [0, 0.05) is 68.0 Å². The van der Waals surface area contributed by atoms with E-state index in [-0.39, 0.29) is 23.9 Å². The molecule has 0 N–H and O–H groups in total. The fourth-order valence-electron chi connectivity index (χ4n) is 3.40. The molecule has 0 spiro atoms. The fourth-order valence-corrected chi connectivity index (χ4v) is 5.14. The minimum absolute atomic E-state index is 0.135. The summed E-state index contributed by atoms with van der Waals surface area (Å²) in [6.07, 6.45) is 4.71. The lowest BCUT2D eigenvalue weighted by atomic mass is 10.2. The number of carbonyl (C=O) groups is 1. The van der Waals surface area contributed by atoms with Gasteiger partial charge < -0.3 is 4.90 Å². The summed E-state index contributed by atoms with van der Waals surface area (Å²) >= 11 is 5.88. The molecule has 156 valence electrons. The van der Waals surface area contributed by atoms with Crippen LogP contribution >= 0.6 is 11.6 Å². The van der Waals surface area contributed by atoms with Crippen LogP contribution in [0.25, 0.3) is 11.3 Å². The molecule has 0 atom stereocenters. The highest BCUT2D eigenvalue weighted by atomic mass is 35.5. The summed E-state index contributed by atoms with van der Waals surface area (Å²) in [6, 6.07) is 10.2. The molecule has 1 aliphatic rings. The van der Waals surface area contributed by atoms with Crippen LogP contribution in [0.1, 0.15) is 10.4 Å². The number of amides is 1. The van der Waals surface area contributed by atoms with Gasteiger partial charge in [-0.15, -0.1) is 0 Å². The highest BCUT2D eigenvalue weighted by molar-refractivity contribution is 7.89. The number of aryl methyl sites for hydroxylation is 1. The van der Waals surface area contributed by atoms with Gasteiger partial charge >= 0.3 is 0 Å². The molecule has 8 nitrogen and oxygen atoms in total. The minimum Gasteiger partial charge on any atom is -0.336 e. The number of rotatable bonds is 4. The Hall–Kier alpha value is -2.75. The molecule has 30 heavy (non-hydrogen) atoms. The zero-order valence-corrected chi connectivity index (χ0v) is 17.8. The number of piperazine rings is 1. The lowest BCUT2D eigenvalue weighted by molar-refractivity contribution is 0.0698. The summed E-state index contributed by atoms with van der Waals surface area (Å²) in [7, 11) is -2.09.